The van der Waals surface area contributed by atoms with Crippen molar-refractivity contribution in [3.05, 3.63) is 0 Å². The van der Waals surface area contributed by atoms with Crippen LogP contribution in [0.1, 0.15) is 41.5 Å². The SMILES string of the molecule is CCNCCN(CC)[Si](NCC)(NCC)N(CC)CC. The molecule has 0 bridgehead atoms. The van der Waals surface area contributed by atoms with E-state index in [9.17, 15) is 0 Å². The summed E-state index contributed by atoms with van der Waals surface area (Å²) in [4.78, 5) is 7.66. The summed E-state index contributed by atoms with van der Waals surface area (Å²) in [7, 11) is -1.98. The number of hydrogen-bond acceptors (Lipinski definition) is 5. The first kappa shape index (κ1) is 20.0. The highest BCUT2D eigenvalue weighted by Gasteiger charge is 2.44. The Morgan fingerprint density at radius 2 is 1.20 bits per heavy atom. The normalized spacial score (nSPS) is 12.6. The fraction of sp³-hybridized carbons (Fsp3) is 1.00. The molecule has 0 rings (SSSR count). The van der Waals surface area contributed by atoms with E-state index >= 15 is 0 Å². The van der Waals surface area contributed by atoms with E-state index in [4.69, 9.17) is 0 Å². The van der Waals surface area contributed by atoms with Crippen molar-refractivity contribution in [1.29, 1.82) is 0 Å². The molecular weight excluding hydrogens is 266 g/mol. The van der Waals surface area contributed by atoms with Crippen molar-refractivity contribution < 1.29 is 0 Å². The molecule has 0 aromatic heterocycles. The predicted octanol–water partition coefficient (Wildman–Crippen LogP) is 0.914. The molecule has 0 aliphatic heterocycles. The Morgan fingerprint density at radius 3 is 1.55 bits per heavy atom. The summed E-state index contributed by atoms with van der Waals surface area (Å²) >= 11 is 0. The van der Waals surface area contributed by atoms with E-state index in [0.29, 0.717) is 0 Å². The lowest BCUT2D eigenvalue weighted by Crippen LogP contribution is -2.82. The minimum Gasteiger partial charge on any atom is -0.316 e. The van der Waals surface area contributed by atoms with Crippen LogP contribution >= 0.6 is 0 Å². The first-order valence-corrected chi connectivity index (χ1v) is 10.3. The fourth-order valence-corrected chi connectivity index (χ4v) is 7.04. The molecule has 0 aliphatic carbocycles. The Morgan fingerprint density at radius 1 is 0.700 bits per heavy atom. The largest absolute Gasteiger partial charge is 0.371 e. The third-order valence-electron chi connectivity index (χ3n) is 3.72. The highest BCUT2D eigenvalue weighted by Crippen LogP contribution is 2.10. The second kappa shape index (κ2) is 11.7. The first-order valence-electron chi connectivity index (χ1n) is 8.37. The van der Waals surface area contributed by atoms with Crippen molar-refractivity contribution in [3.8, 4) is 0 Å². The van der Waals surface area contributed by atoms with Gasteiger partial charge in [0.25, 0.3) is 0 Å². The van der Waals surface area contributed by atoms with E-state index in [0.717, 1.165) is 52.4 Å². The molecule has 0 spiro atoms. The molecule has 0 saturated carbocycles. The Balaban J connectivity index is 5.17. The predicted molar refractivity (Wildman–Crippen MR) is 91.8 cm³/mol. The molecule has 6 heteroatoms. The highest BCUT2D eigenvalue weighted by molar-refractivity contribution is 6.69. The lowest BCUT2D eigenvalue weighted by molar-refractivity contribution is 0.312. The van der Waals surface area contributed by atoms with Crippen molar-refractivity contribution >= 4 is 8.72 Å². The van der Waals surface area contributed by atoms with Crippen LogP contribution in [0.4, 0.5) is 0 Å². The molecule has 5 nitrogen and oxygen atoms in total. The van der Waals surface area contributed by atoms with Crippen molar-refractivity contribution in [1.82, 2.24) is 24.4 Å². The third-order valence-corrected chi connectivity index (χ3v) is 8.41. The van der Waals surface area contributed by atoms with Crippen LogP contribution in [0.2, 0.25) is 0 Å². The number of rotatable bonds is 13. The number of hydrogen-bond donors (Lipinski definition) is 3. The monoisotopic (exact) mass is 303 g/mol. The topological polar surface area (TPSA) is 42.6 Å². The van der Waals surface area contributed by atoms with Gasteiger partial charge in [-0.3, -0.25) is 9.13 Å². The van der Waals surface area contributed by atoms with Gasteiger partial charge in [0.2, 0.25) is 0 Å². The van der Waals surface area contributed by atoms with Crippen molar-refractivity contribution in [3.63, 3.8) is 0 Å². The minimum atomic E-state index is -1.98. The van der Waals surface area contributed by atoms with E-state index in [1.165, 1.54) is 0 Å². The molecule has 0 saturated heterocycles. The van der Waals surface area contributed by atoms with Crippen LogP contribution in [0.3, 0.4) is 0 Å². The van der Waals surface area contributed by atoms with Gasteiger partial charge in [-0.2, -0.15) is 0 Å². The third kappa shape index (κ3) is 5.42. The van der Waals surface area contributed by atoms with Gasteiger partial charge in [0.1, 0.15) is 0 Å². The Labute approximate surface area is 127 Å². The molecule has 20 heavy (non-hydrogen) atoms. The van der Waals surface area contributed by atoms with E-state index in [2.05, 4.69) is 66.0 Å². The van der Waals surface area contributed by atoms with Gasteiger partial charge >= 0.3 is 8.72 Å². The zero-order valence-corrected chi connectivity index (χ0v) is 15.6. The lowest BCUT2D eigenvalue weighted by Gasteiger charge is -2.47. The van der Waals surface area contributed by atoms with Crippen LogP contribution in [0.5, 0.6) is 0 Å². The van der Waals surface area contributed by atoms with Crippen molar-refractivity contribution in [2.45, 2.75) is 41.5 Å². The highest BCUT2D eigenvalue weighted by atomic mass is 28.4. The van der Waals surface area contributed by atoms with Crippen molar-refractivity contribution in [2.24, 2.45) is 0 Å². The maximum atomic E-state index is 3.83. The van der Waals surface area contributed by atoms with Crippen LogP contribution in [-0.2, 0) is 0 Å². The van der Waals surface area contributed by atoms with E-state index < -0.39 is 8.72 Å². The standard InChI is InChI=1S/C14H37N5Si/c1-7-15-13-14-19(12-6)20(16-8-2,17-9-3)18(10-4)11-5/h15-17H,7-14H2,1-6H3. The average Bonchev–Trinajstić information content (AvgIpc) is 2.45. The lowest BCUT2D eigenvalue weighted by atomic mass is 10.5. The van der Waals surface area contributed by atoms with E-state index in [1.54, 1.807) is 0 Å². The molecule has 122 valence electrons. The van der Waals surface area contributed by atoms with Crippen LogP contribution in [0, 0.1) is 0 Å². The quantitative estimate of drug-likeness (QED) is 0.349. The van der Waals surface area contributed by atoms with Crippen LogP contribution in [0.15, 0.2) is 0 Å². The molecule has 0 aliphatic rings. The van der Waals surface area contributed by atoms with Gasteiger partial charge in [0.15, 0.2) is 0 Å². The second-order valence-corrected chi connectivity index (χ2v) is 8.15. The fourth-order valence-electron chi connectivity index (χ4n) is 2.82. The average molecular weight is 304 g/mol. The maximum absolute atomic E-state index is 3.83. The molecule has 0 amide bonds. The van der Waals surface area contributed by atoms with Gasteiger partial charge < -0.3 is 15.3 Å². The summed E-state index contributed by atoms with van der Waals surface area (Å²) in [5, 5.41) is 3.45. The smallest absolute Gasteiger partial charge is 0.316 e. The first-order chi connectivity index (χ1) is 9.66. The molecule has 0 aromatic carbocycles. The van der Waals surface area contributed by atoms with Gasteiger partial charge in [-0.15, -0.1) is 0 Å². The minimum absolute atomic E-state index is 1.01. The summed E-state index contributed by atoms with van der Waals surface area (Å²) in [6.07, 6.45) is 0. The Bertz CT molecular complexity index is 218. The summed E-state index contributed by atoms with van der Waals surface area (Å²) in [6, 6.07) is 0. The number of likely N-dealkylation sites (N-methyl/N-ethyl adjacent to an activating group) is 2. The van der Waals surface area contributed by atoms with Crippen LogP contribution in [-0.4, -0.2) is 70.2 Å². The molecule has 0 aromatic rings. The van der Waals surface area contributed by atoms with Gasteiger partial charge in [-0.1, -0.05) is 41.5 Å². The molecule has 0 atom stereocenters. The molecule has 0 heterocycles. The summed E-state index contributed by atoms with van der Waals surface area (Å²) in [6.45, 7) is 21.8. The molecule has 3 N–H and O–H groups in total. The summed E-state index contributed by atoms with van der Waals surface area (Å²) in [5.41, 5.74) is 0. The van der Waals surface area contributed by atoms with Gasteiger partial charge in [0, 0.05) is 13.1 Å². The van der Waals surface area contributed by atoms with Crippen molar-refractivity contribution in [2.75, 3.05) is 52.4 Å². The van der Waals surface area contributed by atoms with E-state index in [-0.39, 0.29) is 0 Å². The second-order valence-electron chi connectivity index (χ2n) is 4.84. The van der Waals surface area contributed by atoms with Gasteiger partial charge in [0.05, 0.1) is 0 Å². The van der Waals surface area contributed by atoms with Crippen LogP contribution in [0.25, 0.3) is 0 Å². The molecule has 0 radical (unpaired) electrons. The zero-order chi connectivity index (χ0) is 15.4. The molecular formula is C14H37N5Si. The number of nitrogens with one attached hydrogen (secondary N) is 3. The summed E-state index contributed by atoms with van der Waals surface area (Å²) in [5.74, 6) is 0. The van der Waals surface area contributed by atoms with E-state index in [1.807, 2.05) is 0 Å². The Kier molecular flexibility index (Phi) is 11.7. The zero-order valence-electron chi connectivity index (χ0n) is 14.6. The molecule has 0 unspecified atom stereocenters. The van der Waals surface area contributed by atoms with Gasteiger partial charge in [-0.05, 0) is 39.3 Å². The maximum Gasteiger partial charge on any atom is 0.371 e. The Hall–Kier alpha value is 0.0169. The van der Waals surface area contributed by atoms with Gasteiger partial charge in [-0.25, -0.2) is 0 Å². The number of nitrogens with zero attached hydrogens (tertiary/aromatic N) is 2. The molecule has 0 fully saturated rings. The van der Waals surface area contributed by atoms with Crippen LogP contribution < -0.4 is 15.3 Å². The summed E-state index contributed by atoms with van der Waals surface area (Å²) < 4.78 is 5.24.